The van der Waals surface area contributed by atoms with E-state index in [9.17, 15) is 9.18 Å². The second kappa shape index (κ2) is 6.35. The van der Waals surface area contributed by atoms with Crippen LogP contribution in [0, 0.1) is 11.2 Å². The summed E-state index contributed by atoms with van der Waals surface area (Å²) >= 11 is 0. The Bertz CT molecular complexity index is 390. The summed E-state index contributed by atoms with van der Waals surface area (Å²) in [6.07, 6.45) is 0.615. The van der Waals surface area contributed by atoms with Crippen molar-refractivity contribution in [2.75, 3.05) is 18.5 Å². The molecule has 3 N–H and O–H groups in total. The summed E-state index contributed by atoms with van der Waals surface area (Å²) in [5.41, 5.74) is 0.378. The van der Waals surface area contributed by atoms with Gasteiger partial charge in [0.2, 0.25) is 0 Å². The number of halogens is 1. The van der Waals surface area contributed by atoms with Crippen LogP contribution in [-0.4, -0.2) is 24.3 Å². The highest BCUT2D eigenvalue weighted by atomic mass is 19.1. The van der Waals surface area contributed by atoms with Gasteiger partial charge in [-0.05, 0) is 36.1 Å². The molecule has 0 spiro atoms. The summed E-state index contributed by atoms with van der Waals surface area (Å²) in [6.45, 7) is 4.47. The van der Waals surface area contributed by atoms with E-state index in [0.29, 0.717) is 18.7 Å². The first-order valence-corrected chi connectivity index (χ1v) is 5.84. The molecule has 0 radical (unpaired) electrons. The zero-order chi connectivity index (χ0) is 13.6. The van der Waals surface area contributed by atoms with E-state index in [4.69, 9.17) is 5.11 Å². The van der Waals surface area contributed by atoms with Gasteiger partial charge in [-0.3, -0.25) is 0 Å². The predicted molar refractivity (Wildman–Crippen MR) is 68.9 cm³/mol. The van der Waals surface area contributed by atoms with Crippen molar-refractivity contribution in [1.82, 2.24) is 5.32 Å². The van der Waals surface area contributed by atoms with Gasteiger partial charge in [0.05, 0.1) is 0 Å². The topological polar surface area (TPSA) is 61.4 Å². The fraction of sp³-hybridized carbons (Fsp3) is 0.462. The van der Waals surface area contributed by atoms with Crippen LogP contribution >= 0.6 is 0 Å². The van der Waals surface area contributed by atoms with Crippen molar-refractivity contribution < 1.29 is 14.3 Å². The van der Waals surface area contributed by atoms with Gasteiger partial charge in [-0.15, -0.1) is 0 Å². The summed E-state index contributed by atoms with van der Waals surface area (Å²) in [6, 6.07) is 5.21. The molecule has 18 heavy (non-hydrogen) atoms. The maximum absolute atomic E-state index is 12.7. The van der Waals surface area contributed by atoms with E-state index in [-0.39, 0.29) is 23.9 Å². The Morgan fingerprint density at radius 2 is 1.94 bits per heavy atom. The third-order valence-electron chi connectivity index (χ3n) is 2.62. The van der Waals surface area contributed by atoms with E-state index in [0.717, 1.165) is 0 Å². The van der Waals surface area contributed by atoms with Gasteiger partial charge in [-0.1, -0.05) is 13.8 Å². The lowest BCUT2D eigenvalue weighted by Gasteiger charge is -2.23. The molecule has 0 fully saturated rings. The number of hydrogen-bond donors (Lipinski definition) is 3. The molecule has 0 bridgehead atoms. The third-order valence-corrected chi connectivity index (χ3v) is 2.62. The highest BCUT2D eigenvalue weighted by Crippen LogP contribution is 2.18. The maximum atomic E-state index is 12.7. The van der Waals surface area contributed by atoms with Crippen LogP contribution < -0.4 is 10.6 Å². The van der Waals surface area contributed by atoms with Crippen molar-refractivity contribution in [3.05, 3.63) is 30.1 Å². The summed E-state index contributed by atoms with van der Waals surface area (Å²) < 4.78 is 12.7. The molecule has 4 nitrogen and oxygen atoms in total. The number of benzene rings is 1. The molecule has 1 aromatic carbocycles. The van der Waals surface area contributed by atoms with Crippen LogP contribution in [0.15, 0.2) is 24.3 Å². The Morgan fingerprint density at radius 1 is 1.33 bits per heavy atom. The highest BCUT2D eigenvalue weighted by Gasteiger charge is 2.17. The summed E-state index contributed by atoms with van der Waals surface area (Å²) in [4.78, 5) is 11.6. The first-order chi connectivity index (χ1) is 8.43. The molecule has 0 unspecified atom stereocenters. The van der Waals surface area contributed by atoms with Crippen LogP contribution in [0.5, 0.6) is 0 Å². The molecule has 0 aliphatic heterocycles. The van der Waals surface area contributed by atoms with Gasteiger partial charge in [-0.2, -0.15) is 0 Å². The number of aliphatic hydroxyl groups is 1. The Morgan fingerprint density at radius 3 is 2.50 bits per heavy atom. The number of anilines is 1. The lowest BCUT2D eigenvalue weighted by atomic mass is 9.90. The fourth-order valence-corrected chi connectivity index (χ4v) is 1.42. The molecular weight excluding hydrogens is 235 g/mol. The van der Waals surface area contributed by atoms with E-state index < -0.39 is 0 Å². The van der Waals surface area contributed by atoms with Crippen LogP contribution in [0.3, 0.4) is 0 Å². The van der Waals surface area contributed by atoms with Crippen LogP contribution in [0.1, 0.15) is 20.3 Å². The smallest absolute Gasteiger partial charge is 0.319 e. The summed E-state index contributed by atoms with van der Waals surface area (Å²) in [5, 5.41) is 14.2. The molecule has 1 rings (SSSR count). The first-order valence-electron chi connectivity index (χ1n) is 5.84. The van der Waals surface area contributed by atoms with Crippen LogP contribution in [-0.2, 0) is 0 Å². The number of hydrogen-bond acceptors (Lipinski definition) is 2. The lowest BCUT2D eigenvalue weighted by Crippen LogP contribution is -2.37. The molecule has 5 heteroatoms. The molecule has 100 valence electrons. The Balaban J connectivity index is 2.40. The van der Waals surface area contributed by atoms with Gasteiger partial charge >= 0.3 is 6.03 Å². The average molecular weight is 254 g/mol. The summed E-state index contributed by atoms with van der Waals surface area (Å²) in [5.74, 6) is -0.343. The van der Waals surface area contributed by atoms with Gasteiger partial charge in [0.1, 0.15) is 5.82 Å². The molecule has 2 amide bonds. The van der Waals surface area contributed by atoms with E-state index in [1.165, 1.54) is 24.3 Å². The number of amides is 2. The van der Waals surface area contributed by atoms with Gasteiger partial charge < -0.3 is 15.7 Å². The third kappa shape index (κ3) is 5.14. The average Bonchev–Trinajstić information content (AvgIpc) is 2.30. The molecular formula is C13H19FN2O2. The number of urea groups is 1. The second-order valence-corrected chi connectivity index (χ2v) is 4.95. The highest BCUT2D eigenvalue weighted by molar-refractivity contribution is 5.89. The molecule has 0 aromatic heterocycles. The van der Waals surface area contributed by atoms with Crippen molar-refractivity contribution in [3.8, 4) is 0 Å². The Kier molecular flexibility index (Phi) is 5.09. The Labute approximate surface area is 106 Å². The fourth-order valence-electron chi connectivity index (χ4n) is 1.42. The van der Waals surface area contributed by atoms with Crippen LogP contribution in [0.4, 0.5) is 14.9 Å². The maximum Gasteiger partial charge on any atom is 0.319 e. The molecule has 0 aliphatic carbocycles. The number of carbonyl (C=O) groups is 1. The molecule has 0 saturated heterocycles. The zero-order valence-electron chi connectivity index (χ0n) is 10.7. The van der Waals surface area contributed by atoms with Crippen molar-refractivity contribution in [1.29, 1.82) is 0 Å². The minimum absolute atomic E-state index is 0.0915. The first kappa shape index (κ1) is 14.4. The van der Waals surface area contributed by atoms with Crippen molar-refractivity contribution in [3.63, 3.8) is 0 Å². The van der Waals surface area contributed by atoms with Crippen molar-refractivity contribution >= 4 is 11.7 Å². The van der Waals surface area contributed by atoms with Gasteiger partial charge in [0.25, 0.3) is 0 Å². The van der Waals surface area contributed by atoms with Gasteiger partial charge in [0.15, 0.2) is 0 Å². The van der Waals surface area contributed by atoms with Gasteiger partial charge in [-0.25, -0.2) is 9.18 Å². The molecule has 0 heterocycles. The van der Waals surface area contributed by atoms with Crippen LogP contribution in [0.2, 0.25) is 0 Å². The molecule has 0 saturated carbocycles. The quantitative estimate of drug-likeness (QED) is 0.755. The minimum Gasteiger partial charge on any atom is -0.396 e. The normalized spacial score (nSPS) is 11.1. The minimum atomic E-state index is -0.343. The summed E-state index contributed by atoms with van der Waals surface area (Å²) in [7, 11) is 0. The molecule has 1 aromatic rings. The number of carbonyl (C=O) groups excluding carboxylic acids is 1. The van der Waals surface area contributed by atoms with E-state index in [2.05, 4.69) is 10.6 Å². The van der Waals surface area contributed by atoms with E-state index in [1.807, 2.05) is 13.8 Å². The number of rotatable bonds is 5. The Hall–Kier alpha value is -1.62. The van der Waals surface area contributed by atoms with E-state index >= 15 is 0 Å². The van der Waals surface area contributed by atoms with Crippen molar-refractivity contribution in [2.24, 2.45) is 5.41 Å². The standard InChI is InChI=1S/C13H19FN2O2/c1-13(2,7-8-17)9-15-12(18)16-11-5-3-10(14)4-6-11/h3-6,17H,7-9H2,1-2H3,(H2,15,16,18). The van der Waals surface area contributed by atoms with E-state index in [1.54, 1.807) is 0 Å². The van der Waals surface area contributed by atoms with Gasteiger partial charge in [0, 0.05) is 18.8 Å². The van der Waals surface area contributed by atoms with Crippen LogP contribution in [0.25, 0.3) is 0 Å². The lowest BCUT2D eigenvalue weighted by molar-refractivity contribution is 0.204. The SMILES string of the molecule is CC(C)(CCO)CNC(=O)Nc1ccc(F)cc1. The van der Waals surface area contributed by atoms with Crippen molar-refractivity contribution in [2.45, 2.75) is 20.3 Å². The predicted octanol–water partition coefficient (Wildman–Crippen LogP) is 2.36. The molecule has 0 aliphatic rings. The second-order valence-electron chi connectivity index (χ2n) is 4.95. The largest absolute Gasteiger partial charge is 0.396 e. The number of nitrogens with one attached hydrogen (secondary N) is 2. The monoisotopic (exact) mass is 254 g/mol. The zero-order valence-corrected chi connectivity index (χ0v) is 10.7. The number of aliphatic hydroxyl groups excluding tert-OH is 1. The molecule has 0 atom stereocenters.